The van der Waals surface area contributed by atoms with E-state index in [0.29, 0.717) is 13.0 Å². The topological polar surface area (TPSA) is 38.1 Å². The summed E-state index contributed by atoms with van der Waals surface area (Å²) in [5, 5.41) is 3.82. The third kappa shape index (κ3) is 2.72. The monoisotopic (exact) mass is 323 g/mol. The smallest absolute Gasteiger partial charge is 0.241 e. The molecule has 1 unspecified atom stereocenters. The van der Waals surface area contributed by atoms with Crippen molar-refractivity contribution < 1.29 is 13.6 Å². The van der Waals surface area contributed by atoms with Gasteiger partial charge in [-0.1, -0.05) is 0 Å². The van der Waals surface area contributed by atoms with E-state index in [1.54, 1.807) is 16.6 Å². The van der Waals surface area contributed by atoms with Gasteiger partial charge in [0.05, 0.1) is 10.9 Å². The van der Waals surface area contributed by atoms with Crippen LogP contribution in [0, 0.1) is 18.6 Å². The molecule has 1 aliphatic rings. The second kappa shape index (κ2) is 5.72. The molecule has 7 heteroatoms. The molecule has 1 aromatic heterocycles. The van der Waals surface area contributed by atoms with E-state index in [1.807, 2.05) is 13.0 Å². The van der Waals surface area contributed by atoms with Crippen molar-refractivity contribution in [1.29, 1.82) is 0 Å². The average molecular weight is 323 g/mol. The van der Waals surface area contributed by atoms with Crippen molar-refractivity contribution >= 4 is 23.5 Å². The van der Waals surface area contributed by atoms with Gasteiger partial charge in [0, 0.05) is 24.6 Å². The molecule has 3 rings (SSSR count). The largest absolute Gasteiger partial charge is 0.296 e. The third-order valence-corrected chi connectivity index (χ3v) is 4.86. The lowest BCUT2D eigenvalue weighted by molar-refractivity contribution is -0.116. The fraction of sp³-hybridized carbons (Fsp3) is 0.333. The van der Waals surface area contributed by atoms with Crippen molar-refractivity contribution in [1.82, 2.24) is 9.78 Å². The first-order valence-electron chi connectivity index (χ1n) is 6.89. The van der Waals surface area contributed by atoms with Gasteiger partial charge < -0.3 is 0 Å². The Morgan fingerprint density at radius 1 is 1.32 bits per heavy atom. The zero-order chi connectivity index (χ0) is 15.9. The minimum Gasteiger partial charge on any atom is -0.296 e. The number of aromatic nitrogens is 2. The molecule has 1 amide bonds. The Balaban J connectivity index is 1.79. The maximum atomic E-state index is 13.7. The van der Waals surface area contributed by atoms with Crippen LogP contribution >= 0.6 is 11.8 Å². The summed E-state index contributed by atoms with van der Waals surface area (Å²) in [4.78, 5) is 14.3. The SMILES string of the molecule is Cc1cc(N2CCC(Sc3cc(F)ccc3F)C2=O)n(C)n1. The highest BCUT2D eigenvalue weighted by atomic mass is 32.2. The Bertz CT molecular complexity index is 732. The highest BCUT2D eigenvalue weighted by molar-refractivity contribution is 8.00. The molecule has 1 fully saturated rings. The molecule has 1 saturated heterocycles. The molecule has 0 aliphatic carbocycles. The van der Waals surface area contributed by atoms with Gasteiger partial charge in [-0.05, 0) is 31.5 Å². The highest BCUT2D eigenvalue weighted by Gasteiger charge is 2.35. The number of hydrogen-bond donors (Lipinski definition) is 0. The Labute approximate surface area is 131 Å². The van der Waals surface area contributed by atoms with Crippen molar-refractivity contribution in [3.63, 3.8) is 0 Å². The molecular weight excluding hydrogens is 308 g/mol. The van der Waals surface area contributed by atoms with E-state index in [9.17, 15) is 13.6 Å². The van der Waals surface area contributed by atoms with E-state index >= 15 is 0 Å². The van der Waals surface area contributed by atoms with Crippen LogP contribution in [0.25, 0.3) is 0 Å². The molecule has 0 N–H and O–H groups in total. The van der Waals surface area contributed by atoms with Crippen LogP contribution in [0.1, 0.15) is 12.1 Å². The first-order chi connectivity index (χ1) is 10.5. The van der Waals surface area contributed by atoms with Crippen LogP contribution in [-0.2, 0) is 11.8 Å². The number of nitrogens with zero attached hydrogens (tertiary/aromatic N) is 3. The van der Waals surface area contributed by atoms with Crippen molar-refractivity contribution in [2.75, 3.05) is 11.4 Å². The molecule has 2 aromatic rings. The van der Waals surface area contributed by atoms with Crippen LogP contribution in [0.3, 0.4) is 0 Å². The molecule has 0 spiro atoms. The molecule has 2 heterocycles. The molecule has 1 atom stereocenters. The molecule has 1 aliphatic heterocycles. The van der Waals surface area contributed by atoms with Crippen LogP contribution in [0.5, 0.6) is 0 Å². The van der Waals surface area contributed by atoms with Gasteiger partial charge in [-0.2, -0.15) is 5.10 Å². The average Bonchev–Trinajstić information content (AvgIpc) is 2.97. The van der Waals surface area contributed by atoms with E-state index < -0.39 is 16.9 Å². The van der Waals surface area contributed by atoms with E-state index in [2.05, 4.69) is 5.10 Å². The summed E-state index contributed by atoms with van der Waals surface area (Å²) in [6.07, 6.45) is 0.587. The zero-order valence-electron chi connectivity index (χ0n) is 12.2. The Kier molecular flexibility index (Phi) is 3.90. The van der Waals surface area contributed by atoms with Crippen LogP contribution < -0.4 is 4.90 Å². The summed E-state index contributed by atoms with van der Waals surface area (Å²) in [6.45, 7) is 2.41. The number of aryl methyl sites for hydroxylation is 2. The number of halogens is 2. The summed E-state index contributed by atoms with van der Waals surface area (Å²) in [5.41, 5.74) is 0.831. The molecule has 0 bridgehead atoms. The van der Waals surface area contributed by atoms with Crippen molar-refractivity contribution in [2.45, 2.75) is 23.5 Å². The normalized spacial score (nSPS) is 18.3. The summed E-state index contributed by atoms with van der Waals surface area (Å²) in [6, 6.07) is 5.12. The van der Waals surface area contributed by atoms with Gasteiger partial charge in [-0.15, -0.1) is 11.8 Å². The Hall–Kier alpha value is -1.89. The minimum atomic E-state index is -0.506. The first-order valence-corrected chi connectivity index (χ1v) is 7.77. The molecule has 0 saturated carbocycles. The maximum Gasteiger partial charge on any atom is 0.241 e. The van der Waals surface area contributed by atoms with E-state index in [-0.39, 0.29) is 10.8 Å². The number of benzene rings is 1. The summed E-state index contributed by atoms with van der Waals surface area (Å²) in [7, 11) is 1.78. The Morgan fingerprint density at radius 2 is 2.09 bits per heavy atom. The van der Waals surface area contributed by atoms with Crippen molar-refractivity contribution in [3.8, 4) is 0 Å². The number of carbonyl (C=O) groups is 1. The molecule has 22 heavy (non-hydrogen) atoms. The van der Waals surface area contributed by atoms with E-state index in [1.165, 1.54) is 0 Å². The number of rotatable bonds is 3. The number of carbonyl (C=O) groups excluding carboxylic acids is 1. The van der Waals surface area contributed by atoms with Crippen LogP contribution in [-0.4, -0.2) is 27.5 Å². The predicted molar refractivity (Wildman–Crippen MR) is 80.9 cm³/mol. The van der Waals surface area contributed by atoms with Gasteiger partial charge in [0.25, 0.3) is 0 Å². The van der Waals surface area contributed by atoms with Crippen LogP contribution in [0.15, 0.2) is 29.2 Å². The van der Waals surface area contributed by atoms with Crippen LogP contribution in [0.2, 0.25) is 0 Å². The molecule has 4 nitrogen and oxygen atoms in total. The fourth-order valence-electron chi connectivity index (χ4n) is 2.56. The fourth-order valence-corrected chi connectivity index (χ4v) is 3.68. The van der Waals surface area contributed by atoms with E-state index in [4.69, 9.17) is 0 Å². The van der Waals surface area contributed by atoms with Crippen molar-refractivity contribution in [2.24, 2.45) is 7.05 Å². The lowest BCUT2D eigenvalue weighted by atomic mass is 10.3. The summed E-state index contributed by atoms with van der Waals surface area (Å²) in [5.74, 6) is -0.385. The lowest BCUT2D eigenvalue weighted by Gasteiger charge is -2.16. The maximum absolute atomic E-state index is 13.7. The number of hydrogen-bond acceptors (Lipinski definition) is 3. The molecular formula is C15H15F2N3OS. The van der Waals surface area contributed by atoms with Crippen molar-refractivity contribution in [3.05, 3.63) is 41.6 Å². The third-order valence-electron chi connectivity index (χ3n) is 3.57. The zero-order valence-corrected chi connectivity index (χ0v) is 13.0. The van der Waals surface area contributed by atoms with Gasteiger partial charge in [-0.3, -0.25) is 14.4 Å². The van der Waals surface area contributed by atoms with E-state index in [0.717, 1.165) is 41.5 Å². The van der Waals surface area contributed by atoms with Gasteiger partial charge in [-0.25, -0.2) is 8.78 Å². The van der Waals surface area contributed by atoms with Gasteiger partial charge in [0.1, 0.15) is 17.5 Å². The molecule has 116 valence electrons. The molecule has 1 aromatic carbocycles. The second-order valence-electron chi connectivity index (χ2n) is 5.23. The Morgan fingerprint density at radius 3 is 2.77 bits per heavy atom. The first kappa shape index (κ1) is 15.0. The highest BCUT2D eigenvalue weighted by Crippen LogP contribution is 2.34. The molecule has 0 radical (unpaired) electrons. The number of anilines is 1. The quantitative estimate of drug-likeness (QED) is 0.872. The number of amides is 1. The van der Waals surface area contributed by atoms with Crippen LogP contribution in [0.4, 0.5) is 14.6 Å². The predicted octanol–water partition coefficient (Wildman–Crippen LogP) is 2.90. The van der Waals surface area contributed by atoms with Gasteiger partial charge >= 0.3 is 0 Å². The standard InChI is InChI=1S/C15H15F2N3OS/c1-9-7-14(19(2)18-9)20-6-5-12(15(20)21)22-13-8-10(16)3-4-11(13)17/h3-4,7-8,12H,5-6H2,1-2H3. The second-order valence-corrected chi connectivity index (χ2v) is 6.47. The minimum absolute atomic E-state index is 0.100. The van der Waals surface area contributed by atoms with Gasteiger partial charge in [0.15, 0.2) is 0 Å². The summed E-state index contributed by atoms with van der Waals surface area (Å²) >= 11 is 1.08. The number of thioether (sulfide) groups is 1. The summed E-state index contributed by atoms with van der Waals surface area (Å²) < 4.78 is 28.6. The van der Waals surface area contributed by atoms with Gasteiger partial charge in [0.2, 0.25) is 5.91 Å². The lowest BCUT2D eigenvalue weighted by Crippen LogP contribution is -2.29.